The van der Waals surface area contributed by atoms with Crippen molar-refractivity contribution in [2.45, 2.75) is 32.9 Å². The Hall–Kier alpha value is -1.88. The molecule has 108 valence electrons. The molecule has 20 heavy (non-hydrogen) atoms. The molecule has 0 aromatic heterocycles. The Labute approximate surface area is 118 Å². The number of rotatable bonds is 3. The van der Waals surface area contributed by atoms with Crippen molar-refractivity contribution in [3.8, 4) is 5.75 Å². The summed E-state index contributed by atoms with van der Waals surface area (Å²) in [4.78, 5) is 25.7. The summed E-state index contributed by atoms with van der Waals surface area (Å²) in [5.41, 5.74) is 6.71. The predicted molar refractivity (Wildman–Crippen MR) is 77.1 cm³/mol. The molecule has 5 nitrogen and oxygen atoms in total. The lowest BCUT2D eigenvalue weighted by atomic mass is 10.0. The summed E-state index contributed by atoms with van der Waals surface area (Å²) in [6.45, 7) is 5.52. The number of nitrogens with two attached hydrogens (primary N) is 1. The number of anilines is 1. The third-order valence-corrected chi connectivity index (χ3v) is 3.45. The molecule has 1 aromatic rings. The van der Waals surface area contributed by atoms with Gasteiger partial charge in [-0.05, 0) is 31.0 Å². The van der Waals surface area contributed by atoms with Crippen LogP contribution in [0.3, 0.4) is 0 Å². The quantitative estimate of drug-likeness (QED) is 0.851. The molecule has 2 N–H and O–H groups in total. The second kappa shape index (κ2) is 5.25. The molecule has 2 unspecified atom stereocenters. The van der Waals surface area contributed by atoms with Crippen LogP contribution in [0.5, 0.6) is 5.75 Å². The molecule has 0 radical (unpaired) electrons. The predicted octanol–water partition coefficient (Wildman–Crippen LogP) is 1.60. The van der Waals surface area contributed by atoms with E-state index in [1.54, 1.807) is 37.1 Å². The van der Waals surface area contributed by atoms with Crippen LogP contribution >= 0.6 is 0 Å². The highest BCUT2D eigenvalue weighted by molar-refractivity contribution is 6.04. The third kappa shape index (κ3) is 2.41. The van der Waals surface area contributed by atoms with Crippen LogP contribution in [0.4, 0.5) is 5.69 Å². The summed E-state index contributed by atoms with van der Waals surface area (Å²) in [7, 11) is 1.69. The van der Waals surface area contributed by atoms with Gasteiger partial charge in [0.25, 0.3) is 5.91 Å². The molecule has 1 aliphatic heterocycles. The van der Waals surface area contributed by atoms with Gasteiger partial charge in [-0.2, -0.15) is 0 Å². The number of Topliss-reactive ketones (excluding diaryl/α,β-unsaturated/α-hetero) is 1. The molecular weight excluding hydrogens is 256 g/mol. The molecular formula is C15H20N2O3. The summed E-state index contributed by atoms with van der Waals surface area (Å²) >= 11 is 0. The Morgan fingerprint density at radius 1 is 1.35 bits per heavy atom. The number of ketones is 1. The Balaban J connectivity index is 2.41. The zero-order chi connectivity index (χ0) is 15.0. The van der Waals surface area contributed by atoms with Gasteiger partial charge in [-0.25, -0.2) is 0 Å². The van der Waals surface area contributed by atoms with E-state index in [1.165, 1.54) is 0 Å². The number of amides is 1. The van der Waals surface area contributed by atoms with Crippen molar-refractivity contribution in [1.82, 2.24) is 0 Å². The van der Waals surface area contributed by atoms with Gasteiger partial charge in [-0.1, -0.05) is 13.8 Å². The van der Waals surface area contributed by atoms with Gasteiger partial charge < -0.3 is 15.4 Å². The van der Waals surface area contributed by atoms with Crippen LogP contribution in [0.2, 0.25) is 0 Å². The van der Waals surface area contributed by atoms with E-state index in [9.17, 15) is 9.59 Å². The molecule has 1 amide bonds. The smallest absolute Gasteiger partial charge is 0.268 e. The zero-order valence-electron chi connectivity index (χ0n) is 12.2. The summed E-state index contributed by atoms with van der Waals surface area (Å²) in [6.07, 6.45) is -0.484. The maximum Gasteiger partial charge on any atom is 0.268 e. The van der Waals surface area contributed by atoms with E-state index in [0.717, 1.165) is 0 Å². The maximum absolute atomic E-state index is 12.2. The number of nitrogens with zero attached hydrogens (tertiary/aromatic N) is 1. The molecule has 5 heteroatoms. The fraction of sp³-hybridized carbons (Fsp3) is 0.467. The molecule has 1 heterocycles. The monoisotopic (exact) mass is 276 g/mol. The maximum atomic E-state index is 12.2. The van der Waals surface area contributed by atoms with Crippen molar-refractivity contribution in [1.29, 1.82) is 0 Å². The lowest BCUT2D eigenvalue weighted by Crippen LogP contribution is -2.46. The molecule has 2 rings (SSSR count). The van der Waals surface area contributed by atoms with Crippen molar-refractivity contribution < 1.29 is 14.3 Å². The first-order valence-corrected chi connectivity index (χ1v) is 6.71. The highest BCUT2D eigenvalue weighted by atomic mass is 16.5. The molecule has 2 atom stereocenters. The minimum atomic E-state index is -0.568. The third-order valence-electron chi connectivity index (χ3n) is 3.45. The lowest BCUT2D eigenvalue weighted by molar-refractivity contribution is -0.127. The van der Waals surface area contributed by atoms with E-state index in [1.807, 2.05) is 13.8 Å². The number of likely N-dealkylation sites (N-methyl/N-ethyl adjacent to an activating group) is 1. The van der Waals surface area contributed by atoms with E-state index in [4.69, 9.17) is 10.5 Å². The Morgan fingerprint density at radius 2 is 2.00 bits per heavy atom. The Kier molecular flexibility index (Phi) is 3.81. The van der Waals surface area contributed by atoms with E-state index in [2.05, 4.69) is 0 Å². The van der Waals surface area contributed by atoms with Gasteiger partial charge >= 0.3 is 0 Å². The number of carbonyl (C=O) groups is 2. The van der Waals surface area contributed by atoms with Crippen molar-refractivity contribution in [3.05, 3.63) is 23.8 Å². The fourth-order valence-electron chi connectivity index (χ4n) is 2.21. The molecule has 0 bridgehead atoms. The van der Waals surface area contributed by atoms with Gasteiger partial charge in [0.15, 0.2) is 11.9 Å². The van der Waals surface area contributed by atoms with Crippen LogP contribution in [0.15, 0.2) is 18.2 Å². The summed E-state index contributed by atoms with van der Waals surface area (Å²) in [5.74, 6) is 0.452. The van der Waals surface area contributed by atoms with Crippen LogP contribution in [0, 0.1) is 5.92 Å². The van der Waals surface area contributed by atoms with Crippen molar-refractivity contribution in [3.63, 3.8) is 0 Å². The first-order chi connectivity index (χ1) is 9.32. The molecule has 0 aliphatic carbocycles. The molecule has 0 spiro atoms. The number of hydrogen-bond acceptors (Lipinski definition) is 4. The lowest BCUT2D eigenvalue weighted by Gasteiger charge is -2.34. The number of carbonyl (C=O) groups excluding carboxylic acids is 2. The van der Waals surface area contributed by atoms with Crippen molar-refractivity contribution >= 4 is 17.4 Å². The minimum absolute atomic E-state index is 0.0865. The van der Waals surface area contributed by atoms with Gasteiger partial charge in [0.05, 0.1) is 11.7 Å². The van der Waals surface area contributed by atoms with E-state index >= 15 is 0 Å². The highest BCUT2D eigenvalue weighted by Crippen LogP contribution is 2.35. The van der Waals surface area contributed by atoms with Gasteiger partial charge in [0.1, 0.15) is 5.75 Å². The molecule has 1 aromatic carbocycles. The van der Waals surface area contributed by atoms with Crippen LogP contribution in [-0.2, 0) is 4.79 Å². The SMILES string of the molecule is CC(N)C(=O)c1ccc2c(c1)N(C)C(=O)C(C(C)C)O2. The normalized spacial score (nSPS) is 19.6. The van der Waals surface area contributed by atoms with Crippen LogP contribution in [0.25, 0.3) is 0 Å². The second-order valence-corrected chi connectivity index (χ2v) is 5.52. The largest absolute Gasteiger partial charge is 0.478 e. The van der Waals surface area contributed by atoms with Crippen molar-refractivity contribution in [2.75, 3.05) is 11.9 Å². The van der Waals surface area contributed by atoms with Crippen LogP contribution < -0.4 is 15.4 Å². The second-order valence-electron chi connectivity index (χ2n) is 5.52. The number of hydrogen-bond donors (Lipinski definition) is 1. The van der Waals surface area contributed by atoms with Crippen LogP contribution in [0.1, 0.15) is 31.1 Å². The molecule has 0 saturated carbocycles. The number of benzene rings is 1. The minimum Gasteiger partial charge on any atom is -0.478 e. The van der Waals surface area contributed by atoms with E-state index in [-0.39, 0.29) is 17.6 Å². The van der Waals surface area contributed by atoms with Gasteiger partial charge in [-0.15, -0.1) is 0 Å². The Bertz CT molecular complexity index is 552. The van der Waals surface area contributed by atoms with Crippen LogP contribution in [-0.4, -0.2) is 30.9 Å². The van der Waals surface area contributed by atoms with E-state index < -0.39 is 12.1 Å². The van der Waals surface area contributed by atoms with Gasteiger partial charge in [-0.3, -0.25) is 9.59 Å². The molecule has 1 aliphatic rings. The number of fused-ring (bicyclic) bond motifs is 1. The fourth-order valence-corrected chi connectivity index (χ4v) is 2.21. The first kappa shape index (κ1) is 14.5. The topological polar surface area (TPSA) is 72.6 Å². The van der Waals surface area contributed by atoms with E-state index in [0.29, 0.717) is 17.0 Å². The molecule has 0 saturated heterocycles. The first-order valence-electron chi connectivity index (χ1n) is 6.71. The molecule has 0 fully saturated rings. The van der Waals surface area contributed by atoms with Gasteiger partial charge in [0.2, 0.25) is 0 Å². The average molecular weight is 276 g/mol. The summed E-state index contributed by atoms with van der Waals surface area (Å²) in [6, 6.07) is 4.51. The standard InChI is InChI=1S/C15H20N2O3/c1-8(2)14-15(19)17(4)11-7-10(13(18)9(3)16)5-6-12(11)20-14/h5-9,14H,16H2,1-4H3. The van der Waals surface area contributed by atoms with Crippen molar-refractivity contribution in [2.24, 2.45) is 11.7 Å². The summed E-state index contributed by atoms with van der Waals surface area (Å²) in [5, 5.41) is 0. The average Bonchev–Trinajstić information content (AvgIpc) is 2.41. The number of ether oxygens (including phenoxy) is 1. The highest BCUT2D eigenvalue weighted by Gasteiger charge is 2.34. The Morgan fingerprint density at radius 3 is 2.55 bits per heavy atom. The summed E-state index contributed by atoms with van der Waals surface area (Å²) < 4.78 is 5.74. The van der Waals surface area contributed by atoms with Gasteiger partial charge in [0, 0.05) is 12.6 Å². The zero-order valence-corrected chi connectivity index (χ0v) is 12.2.